The maximum absolute atomic E-state index is 13.1. The van der Waals surface area contributed by atoms with Gasteiger partial charge in [0.15, 0.2) is 0 Å². The molecule has 5 heteroatoms. The summed E-state index contributed by atoms with van der Waals surface area (Å²) in [6.07, 6.45) is -1.24. The fourth-order valence-corrected chi connectivity index (χ4v) is 1.05. The van der Waals surface area contributed by atoms with E-state index in [1.165, 1.54) is 6.07 Å². The van der Waals surface area contributed by atoms with Gasteiger partial charge in [0.1, 0.15) is 11.9 Å². The van der Waals surface area contributed by atoms with Crippen molar-refractivity contribution < 1.29 is 14.3 Å². The van der Waals surface area contributed by atoms with Gasteiger partial charge in [-0.25, -0.2) is 4.39 Å². The molecule has 1 rings (SSSR count). The number of carbonyl (C=O) groups is 1. The Balaban J connectivity index is 2.51. The molecule has 0 spiro atoms. The summed E-state index contributed by atoms with van der Waals surface area (Å²) < 4.78 is 13.1. The van der Waals surface area contributed by atoms with E-state index in [-0.39, 0.29) is 18.9 Å². The third kappa shape index (κ3) is 3.30. The summed E-state index contributed by atoms with van der Waals surface area (Å²) in [5.74, 6) is -0.985. The zero-order valence-corrected chi connectivity index (χ0v) is 8.11. The van der Waals surface area contributed by atoms with Crippen LogP contribution in [0.4, 0.5) is 4.39 Å². The fraction of sp³-hybridized carbons (Fsp3) is 0.300. The fourth-order valence-electron chi connectivity index (χ4n) is 1.05. The minimum Gasteiger partial charge on any atom is -0.382 e. The van der Waals surface area contributed by atoms with Crippen LogP contribution in [0.2, 0.25) is 0 Å². The summed E-state index contributed by atoms with van der Waals surface area (Å²) in [6, 6.07) is 6.10. The number of benzene rings is 1. The van der Waals surface area contributed by atoms with E-state index in [0.29, 0.717) is 5.56 Å². The molecule has 1 aromatic carbocycles. The van der Waals surface area contributed by atoms with E-state index in [9.17, 15) is 9.18 Å². The van der Waals surface area contributed by atoms with Crippen molar-refractivity contribution in [1.29, 1.82) is 0 Å². The molecule has 0 aromatic heterocycles. The predicted octanol–water partition coefficient (Wildman–Crippen LogP) is -0.238. The summed E-state index contributed by atoms with van der Waals surface area (Å²) in [7, 11) is 0. The van der Waals surface area contributed by atoms with Gasteiger partial charge in [-0.1, -0.05) is 18.2 Å². The first-order valence-corrected chi connectivity index (χ1v) is 4.54. The first-order valence-electron chi connectivity index (χ1n) is 4.54. The van der Waals surface area contributed by atoms with Gasteiger partial charge >= 0.3 is 0 Å². The summed E-state index contributed by atoms with van der Waals surface area (Å²) in [5, 5.41) is 11.4. The first-order chi connectivity index (χ1) is 7.15. The highest BCUT2D eigenvalue weighted by Gasteiger charge is 2.12. The Morgan fingerprint density at radius 1 is 1.53 bits per heavy atom. The van der Waals surface area contributed by atoms with E-state index in [2.05, 4.69) is 5.32 Å². The molecule has 1 aromatic rings. The van der Waals surface area contributed by atoms with E-state index >= 15 is 0 Å². The third-order valence-corrected chi connectivity index (χ3v) is 1.94. The largest absolute Gasteiger partial charge is 0.382 e. The van der Waals surface area contributed by atoms with Crippen LogP contribution >= 0.6 is 0 Å². The number of amides is 1. The van der Waals surface area contributed by atoms with Gasteiger partial charge < -0.3 is 16.2 Å². The molecular weight excluding hydrogens is 199 g/mol. The van der Waals surface area contributed by atoms with E-state index < -0.39 is 12.0 Å². The van der Waals surface area contributed by atoms with Crippen molar-refractivity contribution in [1.82, 2.24) is 5.32 Å². The standard InChI is InChI=1S/C10H13FN2O2/c11-8-4-2-1-3-7(8)6-13-10(15)9(14)5-12/h1-4,9,14H,5-6,12H2,(H,13,15). The summed E-state index contributed by atoms with van der Waals surface area (Å²) in [4.78, 5) is 11.1. The number of rotatable bonds is 4. The van der Waals surface area contributed by atoms with Crippen LogP contribution in [0.15, 0.2) is 24.3 Å². The lowest BCUT2D eigenvalue weighted by Gasteiger charge is -2.09. The monoisotopic (exact) mass is 212 g/mol. The highest BCUT2D eigenvalue weighted by molar-refractivity contribution is 5.80. The van der Waals surface area contributed by atoms with Gasteiger partial charge in [0, 0.05) is 18.7 Å². The third-order valence-electron chi connectivity index (χ3n) is 1.94. The molecular formula is C10H13FN2O2. The van der Waals surface area contributed by atoms with Gasteiger partial charge in [-0.3, -0.25) is 4.79 Å². The highest BCUT2D eigenvalue weighted by atomic mass is 19.1. The van der Waals surface area contributed by atoms with E-state index in [4.69, 9.17) is 10.8 Å². The Labute approximate surface area is 86.9 Å². The van der Waals surface area contributed by atoms with E-state index in [0.717, 1.165) is 0 Å². The van der Waals surface area contributed by atoms with Crippen molar-refractivity contribution in [3.63, 3.8) is 0 Å². The second kappa shape index (κ2) is 5.43. The van der Waals surface area contributed by atoms with Crippen molar-refractivity contribution in [2.45, 2.75) is 12.6 Å². The predicted molar refractivity (Wildman–Crippen MR) is 53.3 cm³/mol. The molecule has 0 fully saturated rings. The highest BCUT2D eigenvalue weighted by Crippen LogP contribution is 2.05. The van der Waals surface area contributed by atoms with Crippen LogP contribution < -0.4 is 11.1 Å². The zero-order valence-electron chi connectivity index (χ0n) is 8.11. The van der Waals surface area contributed by atoms with Gasteiger partial charge in [-0.15, -0.1) is 0 Å². The second-order valence-corrected chi connectivity index (χ2v) is 3.06. The Kier molecular flexibility index (Phi) is 4.20. The minimum absolute atomic E-state index is 0.0442. The second-order valence-electron chi connectivity index (χ2n) is 3.06. The SMILES string of the molecule is NCC(O)C(=O)NCc1ccccc1F. The van der Waals surface area contributed by atoms with Crippen molar-refractivity contribution in [3.05, 3.63) is 35.6 Å². The van der Waals surface area contributed by atoms with E-state index in [1.54, 1.807) is 18.2 Å². The van der Waals surface area contributed by atoms with Gasteiger partial charge in [-0.2, -0.15) is 0 Å². The number of nitrogens with one attached hydrogen (secondary N) is 1. The van der Waals surface area contributed by atoms with E-state index in [1.807, 2.05) is 0 Å². The molecule has 4 nitrogen and oxygen atoms in total. The quantitative estimate of drug-likeness (QED) is 0.645. The maximum atomic E-state index is 13.1. The Morgan fingerprint density at radius 2 is 2.20 bits per heavy atom. The smallest absolute Gasteiger partial charge is 0.250 e. The van der Waals surface area contributed by atoms with Crippen LogP contribution in [0.5, 0.6) is 0 Å². The molecule has 0 aliphatic rings. The normalized spacial score (nSPS) is 12.2. The average Bonchev–Trinajstić information content (AvgIpc) is 2.26. The summed E-state index contributed by atoms with van der Waals surface area (Å²) in [6.45, 7) is -0.105. The molecule has 15 heavy (non-hydrogen) atoms. The van der Waals surface area contributed by atoms with Gasteiger partial charge in [-0.05, 0) is 6.07 Å². The molecule has 0 aliphatic heterocycles. The van der Waals surface area contributed by atoms with Crippen molar-refractivity contribution >= 4 is 5.91 Å². The van der Waals surface area contributed by atoms with Crippen molar-refractivity contribution in [2.24, 2.45) is 5.73 Å². The van der Waals surface area contributed by atoms with Gasteiger partial charge in [0.05, 0.1) is 0 Å². The number of hydrogen-bond acceptors (Lipinski definition) is 3. The van der Waals surface area contributed by atoms with Crippen LogP contribution in [0.1, 0.15) is 5.56 Å². The molecule has 4 N–H and O–H groups in total. The van der Waals surface area contributed by atoms with Crippen LogP contribution in [0.25, 0.3) is 0 Å². The van der Waals surface area contributed by atoms with Crippen LogP contribution in [0.3, 0.4) is 0 Å². The van der Waals surface area contributed by atoms with Crippen molar-refractivity contribution in [2.75, 3.05) is 6.54 Å². The Bertz CT molecular complexity index is 344. The molecule has 0 bridgehead atoms. The molecule has 1 atom stereocenters. The molecule has 0 saturated carbocycles. The summed E-state index contributed by atoms with van der Waals surface area (Å²) >= 11 is 0. The zero-order chi connectivity index (χ0) is 11.3. The number of aliphatic hydroxyl groups excluding tert-OH is 1. The van der Waals surface area contributed by atoms with Crippen LogP contribution in [-0.4, -0.2) is 23.7 Å². The maximum Gasteiger partial charge on any atom is 0.250 e. The number of carbonyl (C=O) groups excluding carboxylic acids is 1. The summed E-state index contributed by atoms with van der Waals surface area (Å²) in [5.41, 5.74) is 5.46. The first kappa shape index (κ1) is 11.6. The molecule has 0 radical (unpaired) electrons. The van der Waals surface area contributed by atoms with Crippen molar-refractivity contribution in [3.8, 4) is 0 Å². The molecule has 1 unspecified atom stereocenters. The molecule has 82 valence electrons. The number of halogens is 1. The Morgan fingerprint density at radius 3 is 2.80 bits per heavy atom. The Hall–Kier alpha value is -1.46. The number of nitrogens with two attached hydrogens (primary N) is 1. The lowest BCUT2D eigenvalue weighted by molar-refractivity contribution is -0.128. The lowest BCUT2D eigenvalue weighted by Crippen LogP contribution is -2.38. The van der Waals surface area contributed by atoms with Crippen LogP contribution in [-0.2, 0) is 11.3 Å². The molecule has 0 aliphatic carbocycles. The topological polar surface area (TPSA) is 75.3 Å². The molecule has 0 heterocycles. The number of hydrogen-bond donors (Lipinski definition) is 3. The lowest BCUT2D eigenvalue weighted by atomic mass is 10.2. The molecule has 1 amide bonds. The molecule has 0 saturated heterocycles. The van der Waals surface area contributed by atoms with Gasteiger partial charge in [0.2, 0.25) is 5.91 Å². The average molecular weight is 212 g/mol. The number of aliphatic hydroxyl groups is 1. The van der Waals surface area contributed by atoms with Gasteiger partial charge in [0.25, 0.3) is 0 Å². The van der Waals surface area contributed by atoms with Crippen LogP contribution in [0, 0.1) is 5.82 Å². The minimum atomic E-state index is -1.24.